The Bertz CT molecular complexity index is 720. The van der Waals surface area contributed by atoms with E-state index in [1.807, 2.05) is 49.4 Å². The van der Waals surface area contributed by atoms with Crippen LogP contribution >= 0.6 is 23.4 Å². The number of carbonyl (C=O) groups is 1. The first-order chi connectivity index (χ1) is 11.6. The molecule has 3 nitrogen and oxygen atoms in total. The minimum atomic E-state index is -0.234. The summed E-state index contributed by atoms with van der Waals surface area (Å²) in [5.74, 6) is 0.680. The summed E-state index contributed by atoms with van der Waals surface area (Å²) >= 11 is 7.65. The maximum Gasteiger partial charge on any atom is 0.227 e. The molecule has 2 aromatic rings. The van der Waals surface area contributed by atoms with E-state index in [1.165, 1.54) is 0 Å². The zero-order valence-corrected chi connectivity index (χ0v) is 15.2. The van der Waals surface area contributed by atoms with E-state index in [-0.39, 0.29) is 23.1 Å². The van der Waals surface area contributed by atoms with Crippen LogP contribution in [0.2, 0.25) is 5.02 Å². The van der Waals surface area contributed by atoms with Crippen molar-refractivity contribution in [3.63, 3.8) is 0 Å². The lowest BCUT2D eigenvalue weighted by Crippen LogP contribution is -2.46. The summed E-state index contributed by atoms with van der Waals surface area (Å²) in [6, 6.07) is 15.4. The van der Waals surface area contributed by atoms with Crippen LogP contribution in [0.25, 0.3) is 0 Å². The molecule has 5 heteroatoms. The number of amides is 1. The van der Waals surface area contributed by atoms with Gasteiger partial charge in [0.25, 0.3) is 0 Å². The number of rotatable bonds is 4. The summed E-state index contributed by atoms with van der Waals surface area (Å²) in [5.41, 5.74) is 2.09. The van der Waals surface area contributed by atoms with Crippen LogP contribution < -0.4 is 10.1 Å². The van der Waals surface area contributed by atoms with Gasteiger partial charge in [-0.2, -0.15) is 11.8 Å². The maximum atomic E-state index is 12.7. The third kappa shape index (κ3) is 3.55. The third-order valence-corrected chi connectivity index (χ3v) is 5.70. The number of hydrogen-bond acceptors (Lipinski definition) is 3. The Hall–Kier alpha value is -1.65. The quantitative estimate of drug-likeness (QED) is 0.875. The van der Waals surface area contributed by atoms with Crippen molar-refractivity contribution in [2.24, 2.45) is 0 Å². The van der Waals surface area contributed by atoms with E-state index in [4.69, 9.17) is 16.3 Å². The van der Waals surface area contributed by atoms with Crippen LogP contribution in [0.3, 0.4) is 0 Å². The maximum absolute atomic E-state index is 12.7. The zero-order valence-electron chi connectivity index (χ0n) is 13.7. The summed E-state index contributed by atoms with van der Waals surface area (Å²) < 4.78 is 5.82. The molecule has 2 aromatic carbocycles. The molecule has 3 atom stereocenters. The van der Waals surface area contributed by atoms with Crippen molar-refractivity contribution in [1.29, 1.82) is 0 Å². The van der Waals surface area contributed by atoms with E-state index >= 15 is 0 Å². The van der Waals surface area contributed by atoms with E-state index in [2.05, 4.69) is 17.6 Å². The van der Waals surface area contributed by atoms with Crippen LogP contribution in [0.15, 0.2) is 48.5 Å². The molecule has 0 spiro atoms. The molecule has 1 unspecified atom stereocenters. The second-order valence-corrected chi connectivity index (χ2v) is 7.31. The third-order valence-electron chi connectivity index (χ3n) is 4.35. The Kier molecular flexibility index (Phi) is 5.36. The van der Waals surface area contributed by atoms with Crippen molar-refractivity contribution in [1.82, 2.24) is 5.32 Å². The molecule has 0 saturated heterocycles. The summed E-state index contributed by atoms with van der Waals surface area (Å²) in [6.07, 6.45) is 2.06. The summed E-state index contributed by atoms with van der Waals surface area (Å²) in [4.78, 5) is 12.7. The molecule has 1 aliphatic rings. The number of halogens is 1. The van der Waals surface area contributed by atoms with Gasteiger partial charge < -0.3 is 10.1 Å². The number of carbonyl (C=O) groups excluding carboxylic acids is 1. The molecule has 0 saturated carbocycles. The topological polar surface area (TPSA) is 38.3 Å². The van der Waals surface area contributed by atoms with Gasteiger partial charge >= 0.3 is 0 Å². The molecule has 0 radical (unpaired) electrons. The fourth-order valence-corrected chi connectivity index (χ4v) is 4.00. The van der Waals surface area contributed by atoms with Gasteiger partial charge in [-0.15, -0.1) is 0 Å². The van der Waals surface area contributed by atoms with Crippen LogP contribution in [-0.2, 0) is 4.79 Å². The van der Waals surface area contributed by atoms with E-state index < -0.39 is 0 Å². The number of para-hydroxylation sites is 1. The minimum absolute atomic E-state index is 0.00403. The number of ether oxygens (including phenoxy) is 1. The number of benzene rings is 2. The van der Waals surface area contributed by atoms with Crippen LogP contribution in [-0.4, -0.2) is 24.8 Å². The van der Waals surface area contributed by atoms with Crippen LogP contribution in [0.4, 0.5) is 0 Å². The minimum Gasteiger partial charge on any atom is -0.491 e. The molecule has 0 bridgehead atoms. The standard InChI is InChI=1S/C19H20ClNO2S/c1-12(13-7-9-14(20)10-8-13)19(22)21-16-11-23-17-6-4-3-5-15(17)18(16)24-2/h3-10,12,16,18H,11H2,1-2H3,(H,21,22)/t12?,16-,18-/m1/s1. The van der Waals surface area contributed by atoms with Gasteiger partial charge in [-0.3, -0.25) is 4.79 Å². The second kappa shape index (κ2) is 7.49. The average Bonchev–Trinajstić information content (AvgIpc) is 2.61. The highest BCUT2D eigenvalue weighted by Gasteiger charge is 2.32. The highest BCUT2D eigenvalue weighted by Crippen LogP contribution is 2.39. The molecule has 1 heterocycles. The predicted octanol–water partition coefficient (Wildman–Crippen LogP) is 4.43. The van der Waals surface area contributed by atoms with Crippen molar-refractivity contribution in [3.05, 3.63) is 64.7 Å². The molecule has 1 amide bonds. The molecular weight excluding hydrogens is 342 g/mol. The molecule has 126 valence electrons. The van der Waals surface area contributed by atoms with E-state index in [0.717, 1.165) is 16.9 Å². The number of fused-ring (bicyclic) bond motifs is 1. The molecule has 3 rings (SSSR count). The monoisotopic (exact) mass is 361 g/mol. The Morgan fingerprint density at radius 3 is 2.67 bits per heavy atom. The van der Waals surface area contributed by atoms with E-state index in [9.17, 15) is 4.79 Å². The van der Waals surface area contributed by atoms with E-state index in [0.29, 0.717) is 11.6 Å². The van der Waals surface area contributed by atoms with Crippen molar-refractivity contribution >= 4 is 29.3 Å². The lowest BCUT2D eigenvalue weighted by atomic mass is 9.98. The largest absolute Gasteiger partial charge is 0.491 e. The fraction of sp³-hybridized carbons (Fsp3) is 0.316. The fourth-order valence-electron chi connectivity index (χ4n) is 2.95. The molecular formula is C19H20ClNO2S. The second-order valence-electron chi connectivity index (χ2n) is 5.89. The molecule has 1 N–H and O–H groups in total. The Labute approximate surface area is 151 Å². The van der Waals surface area contributed by atoms with Gasteiger partial charge in [0.1, 0.15) is 12.4 Å². The first-order valence-corrected chi connectivity index (χ1v) is 9.57. The van der Waals surface area contributed by atoms with E-state index in [1.54, 1.807) is 11.8 Å². The van der Waals surface area contributed by atoms with Crippen LogP contribution in [0, 0.1) is 0 Å². The van der Waals surface area contributed by atoms with Gasteiger partial charge in [0.15, 0.2) is 0 Å². The van der Waals surface area contributed by atoms with Gasteiger partial charge in [-0.05, 0) is 36.9 Å². The summed E-state index contributed by atoms with van der Waals surface area (Å²) in [6.45, 7) is 2.39. The lowest BCUT2D eigenvalue weighted by molar-refractivity contribution is -0.123. The van der Waals surface area contributed by atoms with Crippen LogP contribution in [0.5, 0.6) is 5.75 Å². The van der Waals surface area contributed by atoms with Crippen molar-refractivity contribution in [2.75, 3.05) is 12.9 Å². The van der Waals surface area contributed by atoms with Crippen molar-refractivity contribution in [2.45, 2.75) is 24.1 Å². The van der Waals surface area contributed by atoms with Gasteiger partial charge in [-0.25, -0.2) is 0 Å². The Morgan fingerprint density at radius 1 is 1.25 bits per heavy atom. The van der Waals surface area contributed by atoms with Gasteiger partial charge in [0.2, 0.25) is 5.91 Å². The van der Waals surface area contributed by atoms with Gasteiger partial charge in [0.05, 0.1) is 17.2 Å². The zero-order chi connectivity index (χ0) is 17.1. The highest BCUT2D eigenvalue weighted by molar-refractivity contribution is 7.98. The molecule has 0 aliphatic carbocycles. The molecule has 24 heavy (non-hydrogen) atoms. The number of hydrogen-bond donors (Lipinski definition) is 1. The van der Waals surface area contributed by atoms with Crippen molar-refractivity contribution < 1.29 is 9.53 Å². The normalized spacial score (nSPS) is 20.6. The summed E-state index contributed by atoms with van der Waals surface area (Å²) in [5, 5.41) is 4.02. The first kappa shape index (κ1) is 17.2. The Morgan fingerprint density at radius 2 is 1.96 bits per heavy atom. The van der Waals surface area contributed by atoms with Crippen LogP contribution in [0.1, 0.15) is 29.2 Å². The molecule has 0 aromatic heterocycles. The highest BCUT2D eigenvalue weighted by atomic mass is 35.5. The Balaban J connectivity index is 1.73. The number of nitrogens with one attached hydrogen (secondary N) is 1. The van der Waals surface area contributed by atoms with Gasteiger partial charge in [-0.1, -0.05) is 41.9 Å². The first-order valence-electron chi connectivity index (χ1n) is 7.90. The smallest absolute Gasteiger partial charge is 0.227 e. The predicted molar refractivity (Wildman–Crippen MR) is 100.0 cm³/mol. The molecule has 0 fully saturated rings. The van der Waals surface area contributed by atoms with Crippen molar-refractivity contribution in [3.8, 4) is 5.75 Å². The summed E-state index contributed by atoms with van der Waals surface area (Å²) in [7, 11) is 0. The SMILES string of the molecule is CS[C@@H]1c2ccccc2OC[C@H]1NC(=O)C(C)c1ccc(Cl)cc1. The number of thioether (sulfide) groups is 1. The lowest BCUT2D eigenvalue weighted by Gasteiger charge is -2.33. The molecule has 1 aliphatic heterocycles. The average molecular weight is 362 g/mol. The van der Waals surface area contributed by atoms with Gasteiger partial charge in [0, 0.05) is 10.6 Å².